The van der Waals surface area contributed by atoms with Crippen LogP contribution in [0.25, 0.3) is 0 Å². The van der Waals surface area contributed by atoms with Crippen LogP contribution < -0.4 is 5.32 Å². The van der Waals surface area contributed by atoms with Gasteiger partial charge in [0.1, 0.15) is 5.82 Å². The molecule has 2 aromatic rings. The van der Waals surface area contributed by atoms with Gasteiger partial charge in [0.25, 0.3) is 0 Å². The Morgan fingerprint density at radius 3 is 2.81 bits per heavy atom. The summed E-state index contributed by atoms with van der Waals surface area (Å²) in [5.74, 6) is 1.09. The summed E-state index contributed by atoms with van der Waals surface area (Å²) >= 11 is 0. The zero-order valence-corrected chi connectivity index (χ0v) is 13.4. The number of nitrogens with one attached hydrogen (secondary N) is 1. The van der Waals surface area contributed by atoms with Crippen LogP contribution in [-0.2, 0) is 13.5 Å². The first-order chi connectivity index (χ1) is 9.99. The fourth-order valence-electron chi connectivity index (χ4n) is 3.50. The van der Waals surface area contributed by atoms with E-state index in [1.807, 2.05) is 12.4 Å². The molecule has 0 fully saturated rings. The largest absolute Gasteiger partial charge is 0.337 e. The van der Waals surface area contributed by atoms with Gasteiger partial charge in [-0.2, -0.15) is 0 Å². The van der Waals surface area contributed by atoms with Crippen molar-refractivity contribution in [3.8, 4) is 0 Å². The standard InChI is InChI=1S/C18H25N3/c1-13(17-19-11-12-21(17)4)20-16-15-8-6-5-7-14(15)9-10-18(16,2)3/h5-8,11-13,16,20H,9-10H2,1-4H3/t13-,16+/m0/s1. The molecule has 0 bridgehead atoms. The summed E-state index contributed by atoms with van der Waals surface area (Å²) in [6.07, 6.45) is 6.27. The number of hydrogen-bond donors (Lipinski definition) is 1. The highest BCUT2D eigenvalue weighted by Gasteiger charge is 2.36. The molecule has 0 saturated carbocycles. The van der Waals surface area contributed by atoms with Crippen molar-refractivity contribution in [2.24, 2.45) is 12.5 Å². The molecule has 3 heteroatoms. The summed E-state index contributed by atoms with van der Waals surface area (Å²) in [6, 6.07) is 9.45. The van der Waals surface area contributed by atoms with E-state index in [-0.39, 0.29) is 11.5 Å². The maximum absolute atomic E-state index is 4.49. The molecule has 21 heavy (non-hydrogen) atoms. The quantitative estimate of drug-likeness (QED) is 0.929. The Morgan fingerprint density at radius 1 is 1.33 bits per heavy atom. The van der Waals surface area contributed by atoms with Crippen LogP contribution in [0.5, 0.6) is 0 Å². The topological polar surface area (TPSA) is 29.9 Å². The van der Waals surface area contributed by atoms with E-state index in [2.05, 4.69) is 67.0 Å². The van der Waals surface area contributed by atoms with Gasteiger partial charge in [-0.25, -0.2) is 4.98 Å². The molecule has 0 saturated heterocycles. The van der Waals surface area contributed by atoms with E-state index in [9.17, 15) is 0 Å². The first-order valence-electron chi connectivity index (χ1n) is 7.80. The van der Waals surface area contributed by atoms with Crippen molar-refractivity contribution >= 4 is 0 Å². The summed E-state index contributed by atoms with van der Waals surface area (Å²) in [6.45, 7) is 6.94. The van der Waals surface area contributed by atoms with Gasteiger partial charge in [-0.1, -0.05) is 38.1 Å². The van der Waals surface area contributed by atoms with Crippen LogP contribution in [-0.4, -0.2) is 9.55 Å². The lowest BCUT2D eigenvalue weighted by atomic mass is 9.70. The molecule has 1 aliphatic rings. The zero-order chi connectivity index (χ0) is 15.0. The van der Waals surface area contributed by atoms with Crippen molar-refractivity contribution in [2.45, 2.75) is 45.7 Å². The summed E-state index contributed by atoms with van der Waals surface area (Å²) in [7, 11) is 2.06. The Kier molecular flexibility index (Phi) is 3.62. The molecule has 3 rings (SSSR count). The van der Waals surface area contributed by atoms with Crippen LogP contribution in [0.3, 0.4) is 0 Å². The Morgan fingerprint density at radius 2 is 2.10 bits per heavy atom. The predicted octanol–water partition coefficient (Wildman–Crippen LogP) is 3.78. The maximum Gasteiger partial charge on any atom is 0.125 e. The SMILES string of the molecule is C[C@H](N[C@@H]1c2ccccc2CCC1(C)C)c1nccn1C. The van der Waals surface area contributed by atoms with Crippen LogP contribution in [0.15, 0.2) is 36.7 Å². The van der Waals surface area contributed by atoms with Gasteiger partial charge in [0.05, 0.1) is 6.04 Å². The van der Waals surface area contributed by atoms with E-state index >= 15 is 0 Å². The predicted molar refractivity (Wildman–Crippen MR) is 86.0 cm³/mol. The molecule has 0 spiro atoms. The number of fused-ring (bicyclic) bond motifs is 1. The van der Waals surface area contributed by atoms with Crippen molar-refractivity contribution in [3.05, 3.63) is 53.6 Å². The number of aromatic nitrogens is 2. The third-order valence-corrected chi connectivity index (χ3v) is 4.85. The van der Waals surface area contributed by atoms with Crippen molar-refractivity contribution in [1.29, 1.82) is 0 Å². The van der Waals surface area contributed by atoms with Crippen molar-refractivity contribution in [3.63, 3.8) is 0 Å². The molecule has 3 nitrogen and oxygen atoms in total. The van der Waals surface area contributed by atoms with E-state index in [1.165, 1.54) is 24.0 Å². The molecule has 2 atom stereocenters. The molecule has 1 aromatic heterocycles. The third kappa shape index (κ3) is 2.62. The van der Waals surface area contributed by atoms with Gasteiger partial charge in [-0.3, -0.25) is 0 Å². The van der Waals surface area contributed by atoms with Crippen molar-refractivity contribution < 1.29 is 0 Å². The molecule has 112 valence electrons. The van der Waals surface area contributed by atoms with Crippen molar-refractivity contribution in [2.75, 3.05) is 0 Å². The number of imidazole rings is 1. The Balaban J connectivity index is 1.91. The first kappa shape index (κ1) is 14.3. The van der Waals surface area contributed by atoms with Crippen LogP contribution >= 0.6 is 0 Å². The van der Waals surface area contributed by atoms with Gasteiger partial charge in [0, 0.05) is 25.5 Å². The lowest BCUT2D eigenvalue weighted by Gasteiger charge is -2.42. The maximum atomic E-state index is 4.49. The second-order valence-corrected chi connectivity index (χ2v) is 6.91. The third-order valence-electron chi connectivity index (χ3n) is 4.85. The van der Waals surface area contributed by atoms with E-state index in [0.29, 0.717) is 6.04 Å². The van der Waals surface area contributed by atoms with Gasteiger partial charge in [0.15, 0.2) is 0 Å². The second kappa shape index (κ2) is 5.30. The molecule has 1 N–H and O–H groups in total. The van der Waals surface area contributed by atoms with Crippen LogP contribution in [0.2, 0.25) is 0 Å². The Hall–Kier alpha value is -1.61. The summed E-state index contributed by atoms with van der Waals surface area (Å²) in [5.41, 5.74) is 3.20. The van der Waals surface area contributed by atoms with Crippen molar-refractivity contribution in [1.82, 2.24) is 14.9 Å². The van der Waals surface area contributed by atoms with Gasteiger partial charge in [-0.15, -0.1) is 0 Å². The highest BCUT2D eigenvalue weighted by Crippen LogP contribution is 2.44. The summed E-state index contributed by atoms with van der Waals surface area (Å²) in [4.78, 5) is 4.49. The summed E-state index contributed by atoms with van der Waals surface area (Å²) in [5, 5.41) is 3.83. The normalized spacial score (nSPS) is 21.8. The second-order valence-electron chi connectivity index (χ2n) is 6.91. The van der Waals surface area contributed by atoms with Gasteiger partial charge < -0.3 is 9.88 Å². The van der Waals surface area contributed by atoms with E-state index in [4.69, 9.17) is 0 Å². The molecule has 0 unspecified atom stereocenters. The lowest BCUT2D eigenvalue weighted by molar-refractivity contribution is 0.194. The zero-order valence-electron chi connectivity index (χ0n) is 13.4. The molecule has 1 heterocycles. The first-order valence-corrected chi connectivity index (χ1v) is 7.80. The van der Waals surface area contributed by atoms with Gasteiger partial charge >= 0.3 is 0 Å². The average molecular weight is 283 g/mol. The number of rotatable bonds is 3. The molecule has 0 aliphatic heterocycles. The molecular formula is C18H25N3. The molecule has 1 aromatic carbocycles. The minimum absolute atomic E-state index is 0.237. The Bertz CT molecular complexity index is 627. The fourth-order valence-corrected chi connectivity index (χ4v) is 3.50. The van der Waals surface area contributed by atoms with Crippen LogP contribution in [0, 0.1) is 5.41 Å². The number of aryl methyl sites for hydroxylation is 2. The number of benzene rings is 1. The van der Waals surface area contributed by atoms with Crippen LogP contribution in [0.1, 0.15) is 56.2 Å². The average Bonchev–Trinajstić information content (AvgIpc) is 2.88. The molecular weight excluding hydrogens is 258 g/mol. The molecule has 0 radical (unpaired) electrons. The molecule has 1 aliphatic carbocycles. The van der Waals surface area contributed by atoms with E-state index in [1.54, 1.807) is 0 Å². The smallest absolute Gasteiger partial charge is 0.125 e. The van der Waals surface area contributed by atoms with E-state index < -0.39 is 0 Å². The van der Waals surface area contributed by atoms with Gasteiger partial charge in [-0.05, 0) is 36.3 Å². The minimum atomic E-state index is 0.237. The minimum Gasteiger partial charge on any atom is -0.337 e. The monoisotopic (exact) mass is 283 g/mol. The van der Waals surface area contributed by atoms with Crippen LogP contribution in [0.4, 0.5) is 0 Å². The van der Waals surface area contributed by atoms with E-state index in [0.717, 1.165) is 5.82 Å². The highest BCUT2D eigenvalue weighted by atomic mass is 15.1. The summed E-state index contributed by atoms with van der Waals surface area (Å²) < 4.78 is 2.10. The molecule has 0 amide bonds. The number of hydrogen-bond acceptors (Lipinski definition) is 2. The fraction of sp³-hybridized carbons (Fsp3) is 0.500. The number of nitrogens with zero attached hydrogens (tertiary/aromatic N) is 2. The lowest BCUT2D eigenvalue weighted by Crippen LogP contribution is -2.39. The Labute approximate surface area is 127 Å². The highest BCUT2D eigenvalue weighted by molar-refractivity contribution is 5.34. The van der Waals surface area contributed by atoms with Gasteiger partial charge in [0.2, 0.25) is 0 Å².